The molecule has 0 bridgehead atoms. The third kappa shape index (κ3) is 1.74. The molecule has 0 radical (unpaired) electrons. The summed E-state index contributed by atoms with van der Waals surface area (Å²) in [5, 5.41) is 2.97. The van der Waals surface area contributed by atoms with E-state index in [0.29, 0.717) is 0 Å². The number of benzene rings is 2. The van der Waals surface area contributed by atoms with Gasteiger partial charge in [0.1, 0.15) is 0 Å². The molecule has 1 nitrogen and oxygen atoms in total. The Labute approximate surface area is 119 Å². The molecule has 0 spiro atoms. The van der Waals surface area contributed by atoms with Gasteiger partial charge in [-0.25, -0.2) is 0 Å². The Bertz CT molecular complexity index is 750. The van der Waals surface area contributed by atoms with Gasteiger partial charge in [0.05, 0.1) is 0 Å². The highest BCUT2D eigenvalue weighted by Gasteiger charge is 2.18. The third-order valence-electron chi connectivity index (χ3n) is 4.51. The van der Waals surface area contributed by atoms with Crippen LogP contribution in [0.25, 0.3) is 22.9 Å². The zero-order chi connectivity index (χ0) is 13.5. The Morgan fingerprint density at radius 2 is 1.75 bits per heavy atom. The van der Waals surface area contributed by atoms with Crippen LogP contribution < -0.4 is 5.73 Å². The normalized spacial score (nSPS) is 15.6. The van der Waals surface area contributed by atoms with Gasteiger partial charge in [-0.3, -0.25) is 0 Å². The standard InChI is InChI=1S/C19H19N/c20-10-2-3-13-11-16-8-6-14-4-1-5-15-7-9-17(12-13)19(16)18(14)15/h1,4,6-9,12H,2-3,5,10-11,20H2. The molecule has 2 aromatic rings. The van der Waals surface area contributed by atoms with Crippen molar-refractivity contribution >= 4 is 22.9 Å². The highest BCUT2D eigenvalue weighted by atomic mass is 14.5. The van der Waals surface area contributed by atoms with E-state index in [1.165, 1.54) is 38.6 Å². The summed E-state index contributed by atoms with van der Waals surface area (Å²) in [5.41, 5.74) is 12.9. The average molecular weight is 261 g/mol. The summed E-state index contributed by atoms with van der Waals surface area (Å²) in [6.45, 7) is 0.780. The SMILES string of the molecule is NCCCC1=Cc2ccc3c4c(ccc(c24)C1)C=CC3. The van der Waals surface area contributed by atoms with E-state index in [4.69, 9.17) is 5.73 Å². The molecule has 0 saturated carbocycles. The van der Waals surface area contributed by atoms with E-state index in [9.17, 15) is 0 Å². The largest absolute Gasteiger partial charge is 0.330 e. The van der Waals surface area contributed by atoms with Gasteiger partial charge in [0.25, 0.3) is 0 Å². The van der Waals surface area contributed by atoms with Crippen molar-refractivity contribution < 1.29 is 0 Å². The Morgan fingerprint density at radius 3 is 2.65 bits per heavy atom. The molecule has 0 aliphatic heterocycles. The fourth-order valence-electron chi connectivity index (χ4n) is 3.59. The van der Waals surface area contributed by atoms with Crippen LogP contribution in [0.15, 0.2) is 35.9 Å². The molecule has 2 aromatic carbocycles. The number of nitrogens with two attached hydrogens (primary N) is 1. The molecular weight excluding hydrogens is 242 g/mol. The minimum absolute atomic E-state index is 0.780. The van der Waals surface area contributed by atoms with Crippen LogP contribution in [0.5, 0.6) is 0 Å². The molecule has 1 heteroatoms. The topological polar surface area (TPSA) is 26.0 Å². The van der Waals surface area contributed by atoms with Crippen molar-refractivity contribution in [2.24, 2.45) is 5.73 Å². The van der Waals surface area contributed by atoms with Crippen molar-refractivity contribution in [1.82, 2.24) is 0 Å². The van der Waals surface area contributed by atoms with E-state index in [-0.39, 0.29) is 0 Å². The molecule has 0 unspecified atom stereocenters. The Balaban J connectivity index is 1.93. The molecule has 0 aromatic heterocycles. The molecular formula is C19H19N. The van der Waals surface area contributed by atoms with E-state index >= 15 is 0 Å². The smallest absolute Gasteiger partial charge is 0.00574 e. The van der Waals surface area contributed by atoms with Crippen molar-refractivity contribution in [3.63, 3.8) is 0 Å². The Kier molecular flexibility index (Phi) is 2.75. The first-order chi connectivity index (χ1) is 9.86. The second kappa shape index (κ2) is 4.60. The predicted molar refractivity (Wildman–Crippen MR) is 86.7 cm³/mol. The van der Waals surface area contributed by atoms with Crippen LogP contribution in [0.1, 0.15) is 35.1 Å². The lowest BCUT2D eigenvalue weighted by Gasteiger charge is -2.22. The minimum atomic E-state index is 0.780. The van der Waals surface area contributed by atoms with Crippen molar-refractivity contribution in [2.45, 2.75) is 25.7 Å². The maximum atomic E-state index is 5.65. The van der Waals surface area contributed by atoms with E-state index in [1.807, 2.05) is 0 Å². The number of rotatable bonds is 3. The average Bonchev–Trinajstić information content (AvgIpc) is 2.50. The first-order valence-electron chi connectivity index (χ1n) is 7.50. The zero-order valence-electron chi connectivity index (χ0n) is 11.7. The third-order valence-corrected chi connectivity index (χ3v) is 4.51. The number of allylic oxidation sites excluding steroid dienone is 2. The van der Waals surface area contributed by atoms with Crippen LogP contribution in [0.3, 0.4) is 0 Å². The zero-order valence-corrected chi connectivity index (χ0v) is 11.7. The van der Waals surface area contributed by atoms with E-state index in [0.717, 1.165) is 32.2 Å². The van der Waals surface area contributed by atoms with Crippen LogP contribution in [0, 0.1) is 0 Å². The van der Waals surface area contributed by atoms with Crippen LogP contribution in [-0.2, 0) is 12.8 Å². The second-order valence-electron chi connectivity index (χ2n) is 5.86. The van der Waals surface area contributed by atoms with Crippen molar-refractivity contribution in [3.8, 4) is 0 Å². The summed E-state index contributed by atoms with van der Waals surface area (Å²) in [5.74, 6) is 0. The van der Waals surface area contributed by atoms with Gasteiger partial charge in [0.2, 0.25) is 0 Å². The first-order valence-corrected chi connectivity index (χ1v) is 7.50. The lowest BCUT2D eigenvalue weighted by atomic mass is 9.82. The lowest BCUT2D eigenvalue weighted by molar-refractivity contribution is 0.808. The molecule has 0 fully saturated rings. The summed E-state index contributed by atoms with van der Waals surface area (Å²) in [7, 11) is 0. The van der Waals surface area contributed by atoms with Crippen LogP contribution in [0.2, 0.25) is 0 Å². The molecule has 100 valence electrons. The van der Waals surface area contributed by atoms with E-state index in [1.54, 1.807) is 0 Å². The fraction of sp³-hybridized carbons (Fsp3) is 0.263. The first kappa shape index (κ1) is 11.9. The maximum absolute atomic E-state index is 5.65. The van der Waals surface area contributed by atoms with Crippen molar-refractivity contribution in [2.75, 3.05) is 6.54 Å². The van der Waals surface area contributed by atoms with Crippen LogP contribution in [-0.4, -0.2) is 6.54 Å². The second-order valence-corrected chi connectivity index (χ2v) is 5.86. The van der Waals surface area contributed by atoms with Gasteiger partial charge in [-0.1, -0.05) is 48.1 Å². The summed E-state index contributed by atoms with van der Waals surface area (Å²) in [6, 6.07) is 9.20. The lowest BCUT2D eigenvalue weighted by Crippen LogP contribution is -2.05. The van der Waals surface area contributed by atoms with Crippen molar-refractivity contribution in [3.05, 3.63) is 58.2 Å². The highest BCUT2D eigenvalue weighted by molar-refractivity contribution is 6.03. The van der Waals surface area contributed by atoms with Gasteiger partial charge in [-0.05, 0) is 65.3 Å². The van der Waals surface area contributed by atoms with E-state index < -0.39 is 0 Å². The van der Waals surface area contributed by atoms with Gasteiger partial charge in [0, 0.05) is 0 Å². The minimum Gasteiger partial charge on any atom is -0.330 e. The Morgan fingerprint density at radius 1 is 0.950 bits per heavy atom. The fourth-order valence-corrected chi connectivity index (χ4v) is 3.59. The maximum Gasteiger partial charge on any atom is -0.00574 e. The highest BCUT2D eigenvalue weighted by Crippen LogP contribution is 2.38. The molecule has 0 saturated heterocycles. The van der Waals surface area contributed by atoms with Gasteiger partial charge in [-0.2, -0.15) is 0 Å². The molecule has 0 atom stereocenters. The van der Waals surface area contributed by atoms with E-state index in [2.05, 4.69) is 42.5 Å². The molecule has 4 rings (SSSR count). The summed E-state index contributed by atoms with van der Waals surface area (Å²) >= 11 is 0. The van der Waals surface area contributed by atoms with Gasteiger partial charge in [0.15, 0.2) is 0 Å². The summed E-state index contributed by atoms with van der Waals surface area (Å²) in [6.07, 6.45) is 11.3. The molecule has 0 heterocycles. The molecule has 2 aliphatic carbocycles. The quantitative estimate of drug-likeness (QED) is 0.885. The van der Waals surface area contributed by atoms with Gasteiger partial charge >= 0.3 is 0 Å². The summed E-state index contributed by atoms with van der Waals surface area (Å²) in [4.78, 5) is 0. The molecule has 20 heavy (non-hydrogen) atoms. The van der Waals surface area contributed by atoms with Crippen LogP contribution >= 0.6 is 0 Å². The predicted octanol–water partition coefficient (Wildman–Crippen LogP) is 4.09. The monoisotopic (exact) mass is 261 g/mol. The van der Waals surface area contributed by atoms with Gasteiger partial charge in [-0.15, -0.1) is 0 Å². The summed E-state index contributed by atoms with van der Waals surface area (Å²) < 4.78 is 0. The molecule has 0 amide bonds. The Hall–Kier alpha value is -1.86. The number of hydrogen-bond acceptors (Lipinski definition) is 1. The van der Waals surface area contributed by atoms with Crippen molar-refractivity contribution in [1.29, 1.82) is 0 Å². The molecule has 2 N–H and O–H groups in total. The number of hydrogen-bond donors (Lipinski definition) is 1. The van der Waals surface area contributed by atoms with Gasteiger partial charge < -0.3 is 5.73 Å². The van der Waals surface area contributed by atoms with Crippen LogP contribution in [0.4, 0.5) is 0 Å². The molecule has 2 aliphatic rings.